The predicted octanol–water partition coefficient (Wildman–Crippen LogP) is 3.69. The van der Waals surface area contributed by atoms with Gasteiger partial charge < -0.3 is 0 Å². The molecule has 3 nitrogen and oxygen atoms in total. The fraction of sp³-hybridized carbons (Fsp3) is 0. The van der Waals surface area contributed by atoms with E-state index < -0.39 is 23.2 Å². The van der Waals surface area contributed by atoms with E-state index in [0.717, 1.165) is 10.6 Å². The molecule has 0 unspecified atom stereocenters. The molecule has 0 amide bonds. The van der Waals surface area contributed by atoms with Crippen molar-refractivity contribution in [3.8, 4) is 0 Å². The average Bonchev–Trinajstić information content (AvgIpc) is 2.76. The number of halogens is 1. The maximum Gasteiger partial charge on any atom is 0.298 e. The molecular weight excluding hydrogens is 418 g/mol. The molecule has 4 rings (SSSR count). The van der Waals surface area contributed by atoms with Crippen LogP contribution >= 0.6 is 7.26 Å². The van der Waals surface area contributed by atoms with E-state index in [9.17, 15) is 17.4 Å². The molecule has 0 fully saturated rings. The quantitative estimate of drug-likeness (QED) is 0.383. The van der Waals surface area contributed by atoms with E-state index in [0.29, 0.717) is 10.6 Å². The highest BCUT2D eigenvalue weighted by Gasteiger charge is 2.50. The Morgan fingerprint density at radius 3 is 1.67 bits per heavy atom. The van der Waals surface area contributed by atoms with Crippen LogP contribution in [0.5, 0.6) is 0 Å². The van der Waals surface area contributed by atoms with Gasteiger partial charge in [-0.05, 0) is 48.5 Å². The van der Waals surface area contributed by atoms with Gasteiger partial charge in [-0.2, -0.15) is 8.42 Å². The van der Waals surface area contributed by atoms with Gasteiger partial charge in [-0.25, -0.2) is 4.39 Å². The minimum Gasteiger partial charge on any atom is -0.282 e. The first kappa shape index (κ1) is 20.4. The van der Waals surface area contributed by atoms with Crippen LogP contribution in [0.3, 0.4) is 0 Å². The van der Waals surface area contributed by atoms with Crippen LogP contribution in [0, 0.1) is 5.82 Å². The lowest BCUT2D eigenvalue weighted by molar-refractivity contribution is 0.484. The summed E-state index contributed by atoms with van der Waals surface area (Å²) in [5.41, 5.74) is 0. The van der Waals surface area contributed by atoms with Gasteiger partial charge in [-0.3, -0.25) is 4.55 Å². The maximum atomic E-state index is 14.4. The smallest absolute Gasteiger partial charge is 0.282 e. The van der Waals surface area contributed by atoms with Crippen LogP contribution in [0.25, 0.3) is 0 Å². The summed E-state index contributed by atoms with van der Waals surface area (Å²) >= 11 is 0. The molecule has 0 heterocycles. The summed E-state index contributed by atoms with van der Waals surface area (Å²) in [6, 6.07) is 31.6. The zero-order chi connectivity index (χ0) is 21.2. The minimum atomic E-state index is -4.52. The largest absolute Gasteiger partial charge is 0.298 e. The van der Waals surface area contributed by atoms with Crippen molar-refractivity contribution in [3.05, 3.63) is 115 Å². The highest BCUT2D eigenvalue weighted by Crippen LogP contribution is 2.55. The van der Waals surface area contributed by atoms with Crippen molar-refractivity contribution in [2.24, 2.45) is 0 Å². The fourth-order valence-electron chi connectivity index (χ4n) is 3.80. The fourth-order valence-corrected chi connectivity index (χ4v) is 9.45. The van der Waals surface area contributed by atoms with E-state index in [-0.39, 0.29) is 4.90 Å². The highest BCUT2D eigenvalue weighted by molar-refractivity contribution is 8.02. The number of rotatable bonds is 5. The topological polar surface area (TPSA) is 54.4 Å². The minimum absolute atomic E-state index is 0.171. The van der Waals surface area contributed by atoms with Crippen molar-refractivity contribution < 1.29 is 17.4 Å². The molecule has 30 heavy (non-hydrogen) atoms. The normalized spacial score (nSPS) is 11.9. The Morgan fingerprint density at radius 2 is 1.13 bits per heavy atom. The van der Waals surface area contributed by atoms with E-state index in [1.54, 1.807) is 24.3 Å². The molecule has 0 radical (unpaired) electrons. The first-order valence-electron chi connectivity index (χ1n) is 9.27. The summed E-state index contributed by atoms with van der Waals surface area (Å²) in [7, 11) is -7.36. The third-order valence-electron chi connectivity index (χ3n) is 4.99. The van der Waals surface area contributed by atoms with E-state index in [4.69, 9.17) is 0 Å². The van der Waals surface area contributed by atoms with Gasteiger partial charge >= 0.3 is 0 Å². The van der Waals surface area contributed by atoms with Gasteiger partial charge in [-0.15, -0.1) is 0 Å². The zero-order valence-electron chi connectivity index (χ0n) is 15.9. The SMILES string of the molecule is O=S(=O)(O)c1ccccc1[P+](c1ccccc1)(c1ccccc1)c1cccc(F)c1. The van der Waals surface area contributed by atoms with Crippen molar-refractivity contribution >= 4 is 38.6 Å². The van der Waals surface area contributed by atoms with E-state index >= 15 is 0 Å². The summed E-state index contributed by atoms with van der Waals surface area (Å²) in [6.07, 6.45) is 0. The molecule has 0 aliphatic rings. The van der Waals surface area contributed by atoms with Crippen molar-refractivity contribution in [3.63, 3.8) is 0 Å². The molecule has 0 saturated heterocycles. The Labute approximate surface area is 175 Å². The number of hydrogen-bond donors (Lipinski definition) is 1. The lowest BCUT2D eigenvalue weighted by atomic mass is 10.3. The second kappa shape index (κ2) is 8.11. The summed E-state index contributed by atoms with van der Waals surface area (Å²) in [6.45, 7) is 0. The Morgan fingerprint density at radius 1 is 0.633 bits per heavy atom. The molecule has 0 saturated carbocycles. The predicted molar refractivity (Wildman–Crippen MR) is 121 cm³/mol. The lowest BCUT2D eigenvalue weighted by Gasteiger charge is -2.28. The lowest BCUT2D eigenvalue weighted by Crippen LogP contribution is -2.40. The maximum absolute atomic E-state index is 14.4. The molecular formula is C24H19FO3PS+. The van der Waals surface area contributed by atoms with E-state index in [1.807, 2.05) is 66.7 Å². The standard InChI is InChI=1S/C24H18FO3PS/c25-19-10-9-15-22(18-19)29(20-11-3-1-4-12-20,21-13-5-2-6-14-21)23-16-7-8-17-24(23)30(26,27)28/h1-18H/p+1. The van der Waals surface area contributed by atoms with Crippen LogP contribution in [-0.4, -0.2) is 13.0 Å². The molecule has 4 aromatic rings. The van der Waals surface area contributed by atoms with Gasteiger partial charge in [-0.1, -0.05) is 54.6 Å². The van der Waals surface area contributed by atoms with Gasteiger partial charge in [0.05, 0.1) is 0 Å². The van der Waals surface area contributed by atoms with Crippen LogP contribution < -0.4 is 21.2 Å². The summed E-state index contributed by atoms with van der Waals surface area (Å²) in [5.74, 6) is -0.409. The van der Waals surface area contributed by atoms with E-state index in [2.05, 4.69) is 0 Å². The second-order valence-electron chi connectivity index (χ2n) is 6.76. The Kier molecular flexibility index (Phi) is 5.52. The van der Waals surface area contributed by atoms with E-state index in [1.165, 1.54) is 18.2 Å². The molecule has 150 valence electrons. The number of benzene rings is 4. The Hall–Kier alpha value is -2.85. The third kappa shape index (κ3) is 3.56. The molecule has 6 heteroatoms. The van der Waals surface area contributed by atoms with Crippen molar-refractivity contribution in [1.29, 1.82) is 0 Å². The summed E-state index contributed by atoms with van der Waals surface area (Å²) in [4.78, 5) is -0.171. The monoisotopic (exact) mass is 437 g/mol. The van der Waals surface area contributed by atoms with Crippen LogP contribution in [-0.2, 0) is 10.1 Å². The first-order valence-corrected chi connectivity index (χ1v) is 12.5. The third-order valence-corrected chi connectivity index (χ3v) is 10.4. The first-order chi connectivity index (χ1) is 14.4. The van der Waals surface area contributed by atoms with Crippen LogP contribution in [0.4, 0.5) is 4.39 Å². The van der Waals surface area contributed by atoms with Crippen LogP contribution in [0.1, 0.15) is 0 Å². The zero-order valence-corrected chi connectivity index (χ0v) is 17.6. The molecule has 4 aromatic carbocycles. The second-order valence-corrected chi connectivity index (χ2v) is 11.5. The number of hydrogen-bond acceptors (Lipinski definition) is 2. The summed E-state index contributed by atoms with van der Waals surface area (Å²) in [5, 5.41) is 2.84. The van der Waals surface area contributed by atoms with Gasteiger partial charge in [0.1, 0.15) is 39.2 Å². The molecule has 0 aliphatic heterocycles. The molecule has 1 N–H and O–H groups in total. The highest BCUT2D eigenvalue weighted by atomic mass is 32.2. The molecule has 0 spiro atoms. The Bertz CT molecular complexity index is 1240. The van der Waals surface area contributed by atoms with Gasteiger partial charge in [0, 0.05) is 6.07 Å². The average molecular weight is 437 g/mol. The van der Waals surface area contributed by atoms with Crippen LogP contribution in [0.2, 0.25) is 0 Å². The van der Waals surface area contributed by atoms with Crippen molar-refractivity contribution in [2.75, 3.05) is 0 Å². The van der Waals surface area contributed by atoms with Gasteiger partial charge in [0.2, 0.25) is 0 Å². The van der Waals surface area contributed by atoms with Crippen molar-refractivity contribution in [2.45, 2.75) is 4.90 Å². The van der Waals surface area contributed by atoms with Gasteiger partial charge in [0.25, 0.3) is 10.1 Å². The molecule has 0 aliphatic carbocycles. The Balaban J connectivity index is 2.24. The molecule has 0 aromatic heterocycles. The summed E-state index contributed by atoms with van der Waals surface area (Å²) < 4.78 is 49.2. The van der Waals surface area contributed by atoms with Gasteiger partial charge in [0.15, 0.2) is 0 Å². The van der Waals surface area contributed by atoms with Crippen molar-refractivity contribution in [1.82, 2.24) is 0 Å². The van der Waals surface area contributed by atoms with Crippen LogP contribution in [0.15, 0.2) is 114 Å². The molecule has 0 bridgehead atoms. The molecule has 0 atom stereocenters.